The van der Waals surface area contributed by atoms with Gasteiger partial charge in [0.1, 0.15) is 0 Å². The molecule has 1 saturated heterocycles. The van der Waals surface area contributed by atoms with Crippen LogP contribution in [0.1, 0.15) is 18.9 Å². The molecule has 1 aliphatic heterocycles. The second-order valence-corrected chi connectivity index (χ2v) is 5.81. The molecule has 1 aliphatic rings. The van der Waals surface area contributed by atoms with Crippen molar-refractivity contribution in [1.29, 1.82) is 0 Å². The van der Waals surface area contributed by atoms with Gasteiger partial charge in [-0.05, 0) is 52.5 Å². The molecule has 0 aliphatic carbocycles. The average Bonchev–Trinajstić information content (AvgIpc) is 2.37. The first-order chi connectivity index (χ1) is 9.13. The van der Waals surface area contributed by atoms with E-state index in [0.717, 1.165) is 19.6 Å². The maximum atomic E-state index is 3.29. The van der Waals surface area contributed by atoms with Crippen LogP contribution in [-0.4, -0.2) is 50.7 Å². The topological polar surface area (TPSA) is 18.5 Å². The van der Waals surface area contributed by atoms with E-state index in [9.17, 15) is 0 Å². The number of para-hydroxylation sites is 1. The zero-order valence-corrected chi connectivity index (χ0v) is 12.7. The number of nitrogens with zero attached hydrogens (tertiary/aromatic N) is 2. The van der Waals surface area contributed by atoms with Crippen molar-refractivity contribution in [3.05, 3.63) is 29.8 Å². The Hall–Kier alpha value is -1.06. The summed E-state index contributed by atoms with van der Waals surface area (Å²) in [7, 11) is 4.27. The molecule has 0 amide bonds. The molecule has 0 bridgehead atoms. The Labute approximate surface area is 117 Å². The number of benzene rings is 1. The highest BCUT2D eigenvalue weighted by Gasteiger charge is 2.30. The highest BCUT2D eigenvalue weighted by atomic mass is 15.3. The lowest BCUT2D eigenvalue weighted by molar-refractivity contribution is 0.226. The van der Waals surface area contributed by atoms with Crippen molar-refractivity contribution in [2.24, 2.45) is 0 Å². The minimum Gasteiger partial charge on any atom is -0.363 e. The lowest BCUT2D eigenvalue weighted by atomic mass is 10.0. The summed E-state index contributed by atoms with van der Waals surface area (Å²) >= 11 is 0. The van der Waals surface area contributed by atoms with Gasteiger partial charge in [0.25, 0.3) is 0 Å². The highest BCUT2D eigenvalue weighted by molar-refractivity contribution is 5.55. The van der Waals surface area contributed by atoms with Crippen molar-refractivity contribution in [3.8, 4) is 0 Å². The first-order valence-corrected chi connectivity index (χ1v) is 7.30. The molecule has 3 nitrogen and oxygen atoms in total. The van der Waals surface area contributed by atoms with E-state index in [-0.39, 0.29) is 0 Å². The van der Waals surface area contributed by atoms with E-state index in [4.69, 9.17) is 0 Å². The van der Waals surface area contributed by atoms with E-state index < -0.39 is 0 Å². The van der Waals surface area contributed by atoms with Crippen molar-refractivity contribution in [3.63, 3.8) is 0 Å². The lowest BCUT2D eigenvalue weighted by Gasteiger charge is -2.46. The predicted octanol–water partition coefficient (Wildman–Crippen LogP) is 2.11. The quantitative estimate of drug-likeness (QED) is 0.895. The van der Waals surface area contributed by atoms with Crippen LogP contribution in [-0.2, 0) is 0 Å². The number of piperazine rings is 1. The molecule has 2 atom stereocenters. The maximum Gasteiger partial charge on any atom is 0.0432 e. The molecule has 0 aromatic heterocycles. The minimum absolute atomic E-state index is 0.571. The van der Waals surface area contributed by atoms with E-state index in [1.807, 2.05) is 7.05 Å². The van der Waals surface area contributed by atoms with Crippen molar-refractivity contribution in [1.82, 2.24) is 10.2 Å². The SMILES string of the molecule is CNCCC1CN(C)CC(C)N1c1ccccc1C. The minimum atomic E-state index is 0.571. The fraction of sp³-hybridized carbons (Fsp3) is 0.625. The summed E-state index contributed by atoms with van der Waals surface area (Å²) in [4.78, 5) is 5.09. The normalized spacial score (nSPS) is 24.7. The van der Waals surface area contributed by atoms with Crippen LogP contribution >= 0.6 is 0 Å². The fourth-order valence-corrected chi connectivity index (χ4v) is 3.25. The molecule has 2 unspecified atom stereocenters. The van der Waals surface area contributed by atoms with Gasteiger partial charge in [-0.2, -0.15) is 0 Å². The largest absolute Gasteiger partial charge is 0.363 e. The lowest BCUT2D eigenvalue weighted by Crippen LogP contribution is -2.57. The summed E-state index contributed by atoms with van der Waals surface area (Å²) in [5.74, 6) is 0. The smallest absolute Gasteiger partial charge is 0.0432 e. The summed E-state index contributed by atoms with van der Waals surface area (Å²) < 4.78 is 0. The summed E-state index contributed by atoms with van der Waals surface area (Å²) in [6, 6.07) is 9.94. The van der Waals surface area contributed by atoms with Crippen LogP contribution in [0.5, 0.6) is 0 Å². The monoisotopic (exact) mass is 261 g/mol. The standard InChI is InChI=1S/C16H27N3/c1-13-7-5-6-8-16(13)19-14(2)11-18(4)12-15(19)9-10-17-3/h5-8,14-15,17H,9-12H2,1-4H3. The van der Waals surface area contributed by atoms with Crippen LogP contribution in [0.25, 0.3) is 0 Å². The summed E-state index contributed by atoms with van der Waals surface area (Å²) in [6.07, 6.45) is 1.19. The van der Waals surface area contributed by atoms with Gasteiger partial charge < -0.3 is 15.1 Å². The van der Waals surface area contributed by atoms with Gasteiger partial charge >= 0.3 is 0 Å². The Balaban J connectivity index is 2.24. The third-order valence-corrected chi connectivity index (χ3v) is 4.09. The van der Waals surface area contributed by atoms with E-state index in [0.29, 0.717) is 12.1 Å². The molecule has 0 saturated carbocycles. The zero-order chi connectivity index (χ0) is 13.8. The Morgan fingerprint density at radius 3 is 2.68 bits per heavy atom. The van der Waals surface area contributed by atoms with E-state index in [1.54, 1.807) is 0 Å². The highest BCUT2D eigenvalue weighted by Crippen LogP contribution is 2.28. The molecule has 1 aromatic rings. The number of likely N-dealkylation sites (N-methyl/N-ethyl adjacent to an activating group) is 1. The maximum absolute atomic E-state index is 3.29. The predicted molar refractivity (Wildman–Crippen MR) is 82.9 cm³/mol. The van der Waals surface area contributed by atoms with Gasteiger partial charge in [0.15, 0.2) is 0 Å². The average molecular weight is 261 g/mol. The molecule has 1 fully saturated rings. The van der Waals surface area contributed by atoms with Crippen LogP contribution in [0.4, 0.5) is 5.69 Å². The molecule has 1 N–H and O–H groups in total. The third kappa shape index (κ3) is 3.28. The number of nitrogens with one attached hydrogen (secondary N) is 1. The number of rotatable bonds is 4. The van der Waals surface area contributed by atoms with Gasteiger partial charge in [-0.25, -0.2) is 0 Å². The molecule has 2 rings (SSSR count). The van der Waals surface area contributed by atoms with Gasteiger partial charge in [0.2, 0.25) is 0 Å². The second-order valence-electron chi connectivity index (χ2n) is 5.81. The molecule has 1 aromatic carbocycles. The summed E-state index contributed by atoms with van der Waals surface area (Å²) in [5.41, 5.74) is 2.79. The Bertz CT molecular complexity index is 405. The molecule has 3 heteroatoms. The van der Waals surface area contributed by atoms with Crippen LogP contribution < -0.4 is 10.2 Å². The summed E-state index contributed by atoms with van der Waals surface area (Å²) in [6.45, 7) is 7.93. The van der Waals surface area contributed by atoms with Crippen LogP contribution in [0, 0.1) is 6.92 Å². The second kappa shape index (κ2) is 6.40. The fourth-order valence-electron chi connectivity index (χ4n) is 3.25. The molecular weight excluding hydrogens is 234 g/mol. The number of aryl methyl sites for hydroxylation is 1. The van der Waals surface area contributed by atoms with Crippen molar-refractivity contribution in [2.75, 3.05) is 38.6 Å². The number of hydrogen-bond acceptors (Lipinski definition) is 3. The molecule has 0 radical (unpaired) electrons. The van der Waals surface area contributed by atoms with Crippen LogP contribution in [0.15, 0.2) is 24.3 Å². The Morgan fingerprint density at radius 1 is 1.26 bits per heavy atom. The zero-order valence-electron chi connectivity index (χ0n) is 12.7. The van der Waals surface area contributed by atoms with Crippen molar-refractivity contribution >= 4 is 5.69 Å². The van der Waals surface area contributed by atoms with Gasteiger partial charge in [-0.3, -0.25) is 0 Å². The Kier molecular flexibility index (Phi) is 4.83. The van der Waals surface area contributed by atoms with Gasteiger partial charge in [-0.1, -0.05) is 18.2 Å². The molecule has 19 heavy (non-hydrogen) atoms. The molecule has 0 spiro atoms. The van der Waals surface area contributed by atoms with E-state index in [1.165, 1.54) is 17.7 Å². The number of anilines is 1. The van der Waals surface area contributed by atoms with Crippen molar-refractivity contribution in [2.45, 2.75) is 32.4 Å². The molecule has 1 heterocycles. The van der Waals surface area contributed by atoms with Gasteiger partial charge in [0.05, 0.1) is 0 Å². The van der Waals surface area contributed by atoms with Gasteiger partial charge in [0, 0.05) is 30.9 Å². The van der Waals surface area contributed by atoms with Gasteiger partial charge in [-0.15, -0.1) is 0 Å². The molecular formula is C16H27N3. The number of hydrogen-bond donors (Lipinski definition) is 1. The van der Waals surface area contributed by atoms with E-state index >= 15 is 0 Å². The first-order valence-electron chi connectivity index (χ1n) is 7.30. The molecule has 106 valence electrons. The van der Waals surface area contributed by atoms with Crippen molar-refractivity contribution < 1.29 is 0 Å². The van der Waals surface area contributed by atoms with E-state index in [2.05, 4.69) is 60.3 Å². The van der Waals surface area contributed by atoms with Crippen LogP contribution in [0.3, 0.4) is 0 Å². The first kappa shape index (κ1) is 14.4. The Morgan fingerprint density at radius 2 is 2.00 bits per heavy atom. The van der Waals surface area contributed by atoms with Crippen LogP contribution in [0.2, 0.25) is 0 Å². The summed E-state index contributed by atoms with van der Waals surface area (Å²) in [5, 5.41) is 3.29. The third-order valence-electron chi connectivity index (χ3n) is 4.09.